The third-order valence-electron chi connectivity index (χ3n) is 5.47. The molecular weight excluding hydrogens is 368 g/mol. The summed E-state index contributed by atoms with van der Waals surface area (Å²) in [5.74, 6) is 0.571. The number of nitrogens with zero attached hydrogens (tertiary/aromatic N) is 1. The molecule has 0 saturated heterocycles. The van der Waals surface area contributed by atoms with Gasteiger partial charge in [0, 0.05) is 23.2 Å². The summed E-state index contributed by atoms with van der Waals surface area (Å²) < 4.78 is 2.52. The van der Waals surface area contributed by atoms with E-state index >= 15 is 0 Å². The molecule has 0 amide bonds. The van der Waals surface area contributed by atoms with Gasteiger partial charge < -0.3 is 15.2 Å². The third-order valence-corrected chi connectivity index (χ3v) is 5.77. The molecular formula is C23H20N2O2S. The first-order valence-electron chi connectivity index (χ1n) is 9.39. The normalized spacial score (nSPS) is 13.9. The molecule has 1 saturated carbocycles. The molecule has 140 valence electrons. The van der Waals surface area contributed by atoms with Crippen LogP contribution < -0.4 is 0 Å². The van der Waals surface area contributed by atoms with E-state index in [1.54, 1.807) is 0 Å². The highest BCUT2D eigenvalue weighted by atomic mass is 32.1. The Bertz CT molecular complexity index is 1280. The fraction of sp³-hybridized carbons (Fsp3) is 0.174. The van der Waals surface area contributed by atoms with Crippen molar-refractivity contribution in [2.45, 2.75) is 25.7 Å². The van der Waals surface area contributed by atoms with Crippen LogP contribution in [0.1, 0.15) is 29.9 Å². The van der Waals surface area contributed by atoms with Crippen LogP contribution in [0.15, 0.2) is 54.7 Å². The summed E-state index contributed by atoms with van der Waals surface area (Å²) in [5, 5.41) is 23.1. The SMILES string of the molecule is Cc1ccc2cccc(-n3c(-c4cc(C5CC5)c(O)cc4O)c[nH]c3=S)c2c1. The predicted molar refractivity (Wildman–Crippen MR) is 114 cm³/mol. The number of hydrogen-bond donors (Lipinski definition) is 3. The molecule has 0 spiro atoms. The van der Waals surface area contributed by atoms with Crippen molar-refractivity contribution in [3.05, 3.63) is 70.6 Å². The molecule has 5 heteroatoms. The number of fused-ring (bicyclic) bond motifs is 1. The van der Waals surface area contributed by atoms with E-state index in [4.69, 9.17) is 12.2 Å². The van der Waals surface area contributed by atoms with Gasteiger partial charge in [-0.25, -0.2) is 0 Å². The van der Waals surface area contributed by atoms with Gasteiger partial charge in [-0.3, -0.25) is 4.57 Å². The van der Waals surface area contributed by atoms with Crippen molar-refractivity contribution in [2.75, 3.05) is 0 Å². The molecule has 5 rings (SSSR count). The second-order valence-electron chi connectivity index (χ2n) is 7.52. The zero-order chi connectivity index (χ0) is 19.4. The first-order valence-corrected chi connectivity index (χ1v) is 9.80. The topological polar surface area (TPSA) is 61.2 Å². The standard InChI is InChI=1S/C23H20N2O2S/c1-13-5-6-14-3-2-4-19(16(14)9-13)25-20(12-24-23(25)28)18-10-17(15-7-8-15)21(26)11-22(18)27/h2-6,9-12,15,26-27H,7-8H2,1H3,(H,24,28). The largest absolute Gasteiger partial charge is 0.508 e. The van der Waals surface area contributed by atoms with Crippen molar-refractivity contribution in [3.8, 4) is 28.4 Å². The van der Waals surface area contributed by atoms with E-state index < -0.39 is 0 Å². The van der Waals surface area contributed by atoms with Crippen LogP contribution in [0.4, 0.5) is 0 Å². The molecule has 1 aromatic heterocycles. The number of aromatic amines is 1. The Morgan fingerprint density at radius 1 is 1.04 bits per heavy atom. The summed E-state index contributed by atoms with van der Waals surface area (Å²) in [6.07, 6.45) is 3.96. The summed E-state index contributed by atoms with van der Waals surface area (Å²) >= 11 is 5.59. The van der Waals surface area contributed by atoms with Crippen molar-refractivity contribution in [1.82, 2.24) is 9.55 Å². The molecule has 1 aliphatic carbocycles. The van der Waals surface area contributed by atoms with Crippen molar-refractivity contribution in [2.24, 2.45) is 0 Å². The second kappa shape index (κ2) is 6.24. The van der Waals surface area contributed by atoms with Crippen LogP contribution in [-0.4, -0.2) is 19.8 Å². The van der Waals surface area contributed by atoms with Crippen LogP contribution in [0.25, 0.3) is 27.7 Å². The van der Waals surface area contributed by atoms with Crippen molar-refractivity contribution < 1.29 is 10.2 Å². The van der Waals surface area contributed by atoms with Gasteiger partial charge in [-0.15, -0.1) is 0 Å². The molecule has 4 nitrogen and oxygen atoms in total. The number of H-pyrrole nitrogens is 1. The summed E-state index contributed by atoms with van der Waals surface area (Å²) in [5.41, 5.74) is 4.46. The van der Waals surface area contributed by atoms with Gasteiger partial charge >= 0.3 is 0 Å². The number of phenolic OH excluding ortho intramolecular Hbond substituents is 2. The van der Waals surface area contributed by atoms with Gasteiger partial charge in [-0.05, 0) is 67.0 Å². The van der Waals surface area contributed by atoms with Crippen molar-refractivity contribution in [1.29, 1.82) is 0 Å². The Morgan fingerprint density at radius 2 is 1.86 bits per heavy atom. The number of aryl methyl sites for hydroxylation is 1. The van der Waals surface area contributed by atoms with Gasteiger partial charge in [-0.1, -0.05) is 29.8 Å². The van der Waals surface area contributed by atoms with Gasteiger partial charge in [-0.2, -0.15) is 0 Å². The molecule has 3 N–H and O–H groups in total. The third kappa shape index (κ3) is 2.70. The van der Waals surface area contributed by atoms with E-state index in [-0.39, 0.29) is 11.5 Å². The Labute approximate surface area is 167 Å². The van der Waals surface area contributed by atoms with Crippen molar-refractivity contribution in [3.63, 3.8) is 0 Å². The maximum atomic E-state index is 10.6. The minimum atomic E-state index is 0.0427. The number of nitrogens with one attached hydrogen (secondary N) is 1. The first kappa shape index (κ1) is 17.1. The molecule has 1 fully saturated rings. The monoisotopic (exact) mass is 388 g/mol. The number of aromatic nitrogens is 2. The fourth-order valence-electron chi connectivity index (χ4n) is 3.89. The molecule has 4 aromatic rings. The Hall–Kier alpha value is -3.05. The maximum absolute atomic E-state index is 10.6. The smallest absolute Gasteiger partial charge is 0.182 e. The average molecular weight is 388 g/mol. The van der Waals surface area contributed by atoms with E-state index in [1.165, 1.54) is 11.6 Å². The zero-order valence-corrected chi connectivity index (χ0v) is 16.3. The Morgan fingerprint density at radius 3 is 2.64 bits per heavy atom. The van der Waals surface area contributed by atoms with E-state index in [0.717, 1.165) is 40.6 Å². The molecule has 3 aromatic carbocycles. The quantitative estimate of drug-likeness (QED) is 0.380. The lowest BCUT2D eigenvalue weighted by Crippen LogP contribution is -1.99. The predicted octanol–water partition coefficient (Wildman–Crippen LogP) is 5.95. The highest BCUT2D eigenvalue weighted by Crippen LogP contribution is 2.47. The molecule has 1 aliphatic rings. The van der Waals surface area contributed by atoms with Gasteiger partial charge in [0.1, 0.15) is 11.5 Å². The van der Waals surface area contributed by atoms with Gasteiger partial charge in [0.05, 0.1) is 11.4 Å². The van der Waals surface area contributed by atoms with Crippen LogP contribution in [0.2, 0.25) is 0 Å². The fourth-order valence-corrected chi connectivity index (χ4v) is 4.15. The van der Waals surface area contributed by atoms with Crippen LogP contribution in [-0.2, 0) is 0 Å². The summed E-state index contributed by atoms with van der Waals surface area (Å²) in [4.78, 5) is 3.12. The maximum Gasteiger partial charge on any atom is 0.182 e. The summed E-state index contributed by atoms with van der Waals surface area (Å²) in [6, 6.07) is 15.8. The average Bonchev–Trinajstić information content (AvgIpc) is 3.44. The van der Waals surface area contributed by atoms with Crippen LogP contribution in [0.5, 0.6) is 11.5 Å². The number of hydrogen-bond acceptors (Lipinski definition) is 3. The Kier molecular flexibility index (Phi) is 3.81. The number of benzene rings is 3. The number of rotatable bonds is 3. The highest BCUT2D eigenvalue weighted by Gasteiger charge is 2.28. The lowest BCUT2D eigenvalue weighted by molar-refractivity contribution is 0.447. The molecule has 1 heterocycles. The van der Waals surface area contributed by atoms with Crippen molar-refractivity contribution >= 4 is 23.0 Å². The number of aromatic hydroxyl groups is 2. The zero-order valence-electron chi connectivity index (χ0n) is 15.4. The Balaban J connectivity index is 1.78. The van der Waals surface area contributed by atoms with E-state index in [2.05, 4.69) is 36.2 Å². The molecule has 0 atom stereocenters. The summed E-state index contributed by atoms with van der Waals surface area (Å²) in [7, 11) is 0. The lowest BCUT2D eigenvalue weighted by atomic mass is 10.0. The highest BCUT2D eigenvalue weighted by molar-refractivity contribution is 7.71. The molecule has 0 radical (unpaired) electrons. The van der Waals surface area contributed by atoms with E-state index in [9.17, 15) is 10.2 Å². The van der Waals surface area contributed by atoms with Gasteiger partial charge in [0.25, 0.3) is 0 Å². The molecule has 0 bridgehead atoms. The summed E-state index contributed by atoms with van der Waals surface area (Å²) in [6.45, 7) is 2.07. The molecule has 0 aliphatic heterocycles. The van der Waals surface area contributed by atoms with E-state index in [1.807, 2.05) is 29.0 Å². The van der Waals surface area contributed by atoms with Gasteiger partial charge in [0.15, 0.2) is 4.77 Å². The van der Waals surface area contributed by atoms with E-state index in [0.29, 0.717) is 16.3 Å². The molecule has 0 unspecified atom stereocenters. The van der Waals surface area contributed by atoms with Gasteiger partial charge in [0.2, 0.25) is 0 Å². The minimum Gasteiger partial charge on any atom is -0.508 e. The first-order chi connectivity index (χ1) is 13.5. The number of imidazole rings is 1. The molecule has 28 heavy (non-hydrogen) atoms. The number of phenols is 2. The van der Waals surface area contributed by atoms with Crippen LogP contribution in [0.3, 0.4) is 0 Å². The van der Waals surface area contributed by atoms with Crippen LogP contribution >= 0.6 is 12.2 Å². The van der Waals surface area contributed by atoms with Crippen LogP contribution in [0, 0.1) is 11.7 Å². The minimum absolute atomic E-state index is 0.0427. The lowest BCUT2D eigenvalue weighted by Gasteiger charge is -2.14. The second-order valence-corrected chi connectivity index (χ2v) is 7.91.